The third-order valence-corrected chi connectivity index (χ3v) is 25.4. The molecule has 0 spiro atoms. The van der Waals surface area contributed by atoms with E-state index in [1.54, 1.807) is 55.1 Å². The van der Waals surface area contributed by atoms with Crippen molar-refractivity contribution in [3.05, 3.63) is 115 Å². The average molecular weight is 1410 g/mol. The molecule has 5 aromatic carbocycles. The predicted molar refractivity (Wildman–Crippen MR) is 395 cm³/mol. The van der Waals surface area contributed by atoms with Gasteiger partial charge in [0.1, 0.15) is 0 Å². The van der Waals surface area contributed by atoms with Gasteiger partial charge in [0, 0.05) is 85.5 Å². The highest BCUT2D eigenvalue weighted by Crippen LogP contribution is 2.55. The van der Waals surface area contributed by atoms with Crippen LogP contribution in [0.5, 0.6) is 0 Å². The van der Waals surface area contributed by atoms with Crippen LogP contribution in [-0.4, -0.2) is 45.5 Å². The molecule has 4 amide bonds. The summed E-state index contributed by atoms with van der Waals surface area (Å²) in [7, 11) is 0. The number of amides is 4. The van der Waals surface area contributed by atoms with Crippen molar-refractivity contribution in [3.63, 3.8) is 0 Å². The molecule has 0 N–H and O–H groups in total. The van der Waals surface area contributed by atoms with Gasteiger partial charge in [-0.3, -0.25) is 29.0 Å². The first-order valence-electron chi connectivity index (χ1n) is 34.8. The van der Waals surface area contributed by atoms with E-state index in [9.17, 15) is 0 Å². The summed E-state index contributed by atoms with van der Waals surface area (Å²) in [5.41, 5.74) is 4.14. The van der Waals surface area contributed by atoms with Crippen molar-refractivity contribution in [1.29, 1.82) is 0 Å². The lowest BCUT2D eigenvalue weighted by atomic mass is 9.78. The first-order chi connectivity index (χ1) is 44.1. The number of nitrogens with zero attached hydrogens (tertiary/aromatic N) is 2. The Labute approximate surface area is 568 Å². The molecule has 0 aliphatic carbocycles. The highest BCUT2D eigenvalue weighted by molar-refractivity contribution is 9.11. The van der Waals surface area contributed by atoms with Gasteiger partial charge in [0.05, 0.1) is 7.57 Å². The number of rotatable bonds is 38. The summed E-state index contributed by atoms with van der Waals surface area (Å²) in [5, 5.41) is 6.92. The summed E-state index contributed by atoms with van der Waals surface area (Å²) in [5.74, 6) is -0.800. The molecule has 0 radical (unpaired) electrons. The maximum Gasteiger partial charge on any atom is 0.261 e. The molecule has 4 aromatic heterocycles. The zero-order valence-electron chi connectivity index (χ0n) is 53.8. The molecule has 2 aliphatic rings. The Kier molecular flexibility index (Phi) is 23.8. The monoisotopic (exact) mass is 1410 g/mol. The van der Waals surface area contributed by atoms with Crippen LogP contribution in [0.25, 0.3) is 83.5 Å². The van der Waals surface area contributed by atoms with Crippen LogP contribution in [0.4, 0.5) is 0 Å². The topological polar surface area (TPSA) is 74.8 Å². The Hall–Kier alpha value is -4.56. The number of halogens is 2. The Morgan fingerprint density at radius 1 is 0.289 bits per heavy atom. The number of thiophene rings is 4. The molecule has 0 saturated heterocycles. The summed E-state index contributed by atoms with van der Waals surface area (Å²) in [6.07, 6.45) is 36.0. The Balaban J connectivity index is 1.09. The van der Waals surface area contributed by atoms with E-state index in [0.717, 1.165) is 157 Å². The quantitative estimate of drug-likeness (QED) is 0.0167. The molecule has 0 atom stereocenters. The van der Waals surface area contributed by atoms with Crippen LogP contribution in [0.2, 0.25) is 0 Å². The zero-order valence-corrected chi connectivity index (χ0v) is 60.2. The Bertz CT molecular complexity index is 3650. The summed E-state index contributed by atoms with van der Waals surface area (Å²) in [6, 6.07) is 29.4. The third kappa shape index (κ3) is 14.5. The van der Waals surface area contributed by atoms with Crippen molar-refractivity contribution >= 4 is 144 Å². The van der Waals surface area contributed by atoms with E-state index < -0.39 is 0 Å². The number of unbranched alkanes of at least 4 members (excludes halogenated alkanes) is 24. The Morgan fingerprint density at radius 3 is 0.878 bits per heavy atom. The second-order valence-corrected chi connectivity index (χ2v) is 33.1. The summed E-state index contributed by atoms with van der Waals surface area (Å²) in [4.78, 5) is 73.7. The molecule has 0 fully saturated rings. The van der Waals surface area contributed by atoms with Crippen molar-refractivity contribution in [3.8, 4) is 40.4 Å². The smallest absolute Gasteiger partial charge is 0.261 e. The fraction of sp³-hybridized carbons (Fsp3) is 0.487. The summed E-state index contributed by atoms with van der Waals surface area (Å²) >= 11 is 14.3. The minimum absolute atomic E-state index is 0.199. The lowest BCUT2D eigenvalue weighted by Crippen LogP contribution is -2.47. The first kappa shape index (κ1) is 66.9. The van der Waals surface area contributed by atoms with Crippen LogP contribution in [0, 0.1) is 0 Å². The fourth-order valence-electron chi connectivity index (χ4n) is 14.8. The van der Waals surface area contributed by atoms with Crippen LogP contribution in [0.1, 0.15) is 275 Å². The number of benzene rings is 5. The molecule has 0 unspecified atom stereocenters. The van der Waals surface area contributed by atoms with E-state index in [0.29, 0.717) is 33.0 Å². The van der Waals surface area contributed by atoms with Gasteiger partial charge in [-0.1, -0.05) is 220 Å². The van der Waals surface area contributed by atoms with Gasteiger partial charge in [-0.2, -0.15) is 0 Å². The Morgan fingerprint density at radius 2 is 0.567 bits per heavy atom. The molecule has 12 heteroatoms. The lowest BCUT2D eigenvalue weighted by molar-refractivity contribution is 0.0501. The van der Waals surface area contributed by atoms with Gasteiger partial charge >= 0.3 is 0 Å². The number of fused-ring (bicyclic) bond motifs is 2. The van der Waals surface area contributed by atoms with Gasteiger partial charge < -0.3 is 0 Å². The van der Waals surface area contributed by atoms with Crippen LogP contribution in [-0.2, 0) is 0 Å². The van der Waals surface area contributed by atoms with Crippen LogP contribution >= 0.6 is 77.2 Å². The van der Waals surface area contributed by atoms with E-state index in [4.69, 9.17) is 0 Å². The van der Waals surface area contributed by atoms with Crippen molar-refractivity contribution in [2.75, 3.05) is 0 Å². The maximum absolute atomic E-state index is 16.1. The normalized spacial score (nSPS) is 13.6. The van der Waals surface area contributed by atoms with Crippen LogP contribution in [0.3, 0.4) is 0 Å². The van der Waals surface area contributed by atoms with Crippen LogP contribution < -0.4 is 0 Å². The first-order valence-corrected chi connectivity index (χ1v) is 39.7. The number of carbonyl (C=O) groups excluding carboxylic acids is 4. The van der Waals surface area contributed by atoms with Gasteiger partial charge in [-0.15, -0.1) is 45.3 Å². The highest BCUT2D eigenvalue weighted by atomic mass is 79.9. The van der Waals surface area contributed by atoms with E-state index in [1.807, 2.05) is 12.1 Å². The van der Waals surface area contributed by atoms with Crippen LogP contribution in [0.15, 0.2) is 92.5 Å². The highest BCUT2D eigenvalue weighted by Gasteiger charge is 2.42. The van der Waals surface area contributed by atoms with E-state index in [-0.39, 0.29) is 35.7 Å². The minimum atomic E-state index is -0.207. The molecule has 2 aliphatic heterocycles. The SMILES string of the molecule is CCCCCCCCCC(CCCCCCCCC)N1C(=O)c2ccc3c4c(-c5ccc(-c6ccc(Br)s6)s5)cc5c6c(ccc(c7c(-c8ccc(-c9ccc(Br)s9)s8)cc(c2c37)C1=O)c64)C(=O)N(C(CCCCCCCCC)CCCCCCCCC)C5=O. The number of hydrogen-bond donors (Lipinski definition) is 0. The van der Waals surface area contributed by atoms with E-state index >= 15 is 19.2 Å². The molecular weight excluding hydrogens is 1320 g/mol. The summed E-state index contributed by atoms with van der Waals surface area (Å²) < 4.78 is 2.12. The molecule has 11 rings (SSSR count). The second-order valence-electron chi connectivity index (χ2n) is 26.0. The van der Waals surface area contributed by atoms with Gasteiger partial charge in [0.2, 0.25) is 0 Å². The number of carbonyl (C=O) groups is 4. The minimum Gasteiger partial charge on any atom is -0.271 e. The molecule has 6 heterocycles. The molecule has 0 bridgehead atoms. The lowest BCUT2D eigenvalue weighted by Gasteiger charge is -2.36. The third-order valence-electron chi connectivity index (χ3n) is 19.6. The van der Waals surface area contributed by atoms with E-state index in [2.05, 4.69) is 132 Å². The van der Waals surface area contributed by atoms with Gasteiger partial charge in [0.25, 0.3) is 23.6 Å². The van der Waals surface area contributed by atoms with Crippen molar-refractivity contribution in [1.82, 2.24) is 9.80 Å². The summed E-state index contributed by atoms with van der Waals surface area (Å²) in [6.45, 7) is 9.04. The molecule has 90 heavy (non-hydrogen) atoms. The van der Waals surface area contributed by atoms with Gasteiger partial charge in [-0.25, -0.2) is 0 Å². The standard InChI is InChI=1S/C78H92Br2N2O4S4/c1-5-9-13-17-21-25-29-33-51(34-30-26-22-18-14-10-6-2)81-75(83)55-39-37-53-70-58(62-42-44-64(88-62)66-46-48-68(80)90-66)50-60-72-56(76(84)82(78(60)86)52(35-31-27-23-19-15-11-7-3)36-32-28-24-20-16-12-8-4)40-38-54(74(70)72)69-57(49-59(77(81)85)71(55)73(53)69)61-41-43-63(87-61)65-45-47-67(79)89-65/h37-52H,5-36H2,1-4H3. The average Bonchev–Trinajstić information content (AvgIpc) is 0.701. The molecular formula is C78H92Br2N2O4S4. The van der Waals surface area contributed by atoms with Crippen molar-refractivity contribution in [2.45, 2.75) is 245 Å². The molecule has 9 aromatic rings. The zero-order chi connectivity index (χ0) is 62.7. The van der Waals surface area contributed by atoms with Gasteiger partial charge in [-0.05, 0) is 163 Å². The van der Waals surface area contributed by atoms with Gasteiger partial charge in [0.15, 0.2) is 0 Å². The molecule has 0 saturated carbocycles. The maximum atomic E-state index is 16.1. The largest absolute Gasteiger partial charge is 0.271 e. The second kappa shape index (κ2) is 32.0. The molecule has 6 nitrogen and oxygen atoms in total. The van der Waals surface area contributed by atoms with Crippen molar-refractivity contribution < 1.29 is 19.2 Å². The number of imide groups is 2. The van der Waals surface area contributed by atoms with Crippen molar-refractivity contribution in [2.24, 2.45) is 0 Å². The fourth-order valence-corrected chi connectivity index (χ4v) is 19.8. The molecule has 476 valence electrons. The van der Waals surface area contributed by atoms with E-state index in [1.165, 1.54) is 128 Å². The predicted octanol–water partition coefficient (Wildman–Crippen LogP) is 26.7. The number of hydrogen-bond acceptors (Lipinski definition) is 8.